The Labute approximate surface area is 134 Å². The van der Waals surface area contributed by atoms with Gasteiger partial charge in [-0.25, -0.2) is 0 Å². The molecule has 5 rings (SSSR count). The van der Waals surface area contributed by atoms with Crippen LogP contribution in [0.4, 0.5) is 0 Å². The van der Waals surface area contributed by atoms with E-state index in [9.17, 15) is 0 Å². The van der Waals surface area contributed by atoms with Crippen LogP contribution in [0.15, 0.2) is 61.8 Å². The van der Waals surface area contributed by atoms with Gasteiger partial charge in [0, 0.05) is 16.2 Å². The summed E-state index contributed by atoms with van der Waals surface area (Å²) in [6.07, 6.45) is 0. The lowest BCUT2D eigenvalue weighted by Gasteiger charge is -1.97. The van der Waals surface area contributed by atoms with Crippen LogP contribution in [-0.2, 0) is 0 Å². The topological polar surface area (TPSA) is 26.3 Å². The van der Waals surface area contributed by atoms with Crippen LogP contribution in [0, 0.1) is 6.92 Å². The largest absolute Gasteiger partial charge is 0.455 e. The van der Waals surface area contributed by atoms with Crippen molar-refractivity contribution in [1.29, 1.82) is 0 Å². The third-order valence-corrected chi connectivity index (χ3v) is 4.86. The van der Waals surface area contributed by atoms with E-state index in [1.54, 1.807) is 0 Å². The van der Waals surface area contributed by atoms with Crippen molar-refractivity contribution in [2.75, 3.05) is 0 Å². The number of aryl methyl sites for hydroxylation is 1. The van der Waals surface area contributed by atoms with Crippen LogP contribution in [0.1, 0.15) is 5.56 Å². The number of halogens is 1. The second-order valence-electron chi connectivity index (χ2n) is 5.59. The molecule has 3 heteroatoms. The standard InChI is InChI=1S/C19H11BrO2/c1-10-5-4-8-15-16(10)12-9-13(20)19-17(18(12)22-15)11-6-2-3-7-14(11)21-19/h2-9H,1H3. The van der Waals surface area contributed by atoms with Crippen LogP contribution in [0.3, 0.4) is 0 Å². The average molecular weight is 351 g/mol. The van der Waals surface area contributed by atoms with Gasteiger partial charge in [0.2, 0.25) is 0 Å². The lowest BCUT2D eigenvalue weighted by atomic mass is 10.1. The van der Waals surface area contributed by atoms with Gasteiger partial charge in [-0.2, -0.15) is 0 Å². The molecule has 0 amide bonds. The maximum atomic E-state index is 6.19. The number of fused-ring (bicyclic) bond motifs is 7. The Morgan fingerprint density at radius 3 is 2.45 bits per heavy atom. The minimum Gasteiger partial charge on any atom is -0.455 e. The molecule has 2 nitrogen and oxygen atoms in total. The maximum absolute atomic E-state index is 6.19. The predicted octanol–water partition coefficient (Wildman–Crippen LogP) is 6.56. The molecule has 0 radical (unpaired) electrons. The molecule has 22 heavy (non-hydrogen) atoms. The van der Waals surface area contributed by atoms with Crippen LogP contribution in [0.25, 0.3) is 43.9 Å². The molecule has 3 aromatic carbocycles. The molecule has 0 bridgehead atoms. The summed E-state index contributed by atoms with van der Waals surface area (Å²) in [5.74, 6) is 0. The minimum absolute atomic E-state index is 0.838. The van der Waals surface area contributed by atoms with Crippen LogP contribution in [-0.4, -0.2) is 0 Å². The van der Waals surface area contributed by atoms with Gasteiger partial charge >= 0.3 is 0 Å². The van der Waals surface area contributed by atoms with Crippen LogP contribution in [0.5, 0.6) is 0 Å². The molecule has 0 aliphatic carbocycles. The van der Waals surface area contributed by atoms with E-state index in [-0.39, 0.29) is 0 Å². The first-order valence-corrected chi connectivity index (χ1v) is 7.95. The van der Waals surface area contributed by atoms with E-state index in [1.807, 2.05) is 30.3 Å². The zero-order valence-electron chi connectivity index (χ0n) is 11.8. The first kappa shape index (κ1) is 12.3. The van der Waals surface area contributed by atoms with Crippen molar-refractivity contribution in [3.8, 4) is 0 Å². The monoisotopic (exact) mass is 350 g/mol. The Morgan fingerprint density at radius 1 is 0.773 bits per heavy atom. The Bertz CT molecular complexity index is 1190. The summed E-state index contributed by atoms with van der Waals surface area (Å²) < 4.78 is 13.2. The first-order valence-electron chi connectivity index (χ1n) is 7.15. The lowest BCUT2D eigenvalue weighted by Crippen LogP contribution is -1.75. The fourth-order valence-electron chi connectivity index (χ4n) is 3.30. The summed E-state index contributed by atoms with van der Waals surface area (Å²) in [4.78, 5) is 0. The van der Waals surface area contributed by atoms with Crippen molar-refractivity contribution in [3.63, 3.8) is 0 Å². The second kappa shape index (κ2) is 4.14. The van der Waals surface area contributed by atoms with Gasteiger partial charge < -0.3 is 8.83 Å². The highest BCUT2D eigenvalue weighted by atomic mass is 79.9. The normalized spacial score (nSPS) is 12.1. The predicted molar refractivity (Wildman–Crippen MR) is 93.4 cm³/mol. The highest BCUT2D eigenvalue weighted by Gasteiger charge is 2.19. The Kier molecular flexibility index (Phi) is 2.32. The lowest BCUT2D eigenvalue weighted by molar-refractivity contribution is 0.661. The summed E-state index contributed by atoms with van der Waals surface area (Å²) in [5.41, 5.74) is 4.75. The number of benzene rings is 3. The number of furan rings is 2. The van der Waals surface area contributed by atoms with Crippen molar-refractivity contribution in [2.24, 2.45) is 0 Å². The summed E-state index contributed by atoms with van der Waals surface area (Å²) in [5, 5.41) is 4.42. The smallest absolute Gasteiger partial charge is 0.153 e. The molecular weight excluding hydrogens is 340 g/mol. The number of para-hydroxylation sites is 1. The van der Waals surface area contributed by atoms with Crippen LogP contribution in [0.2, 0.25) is 0 Å². The van der Waals surface area contributed by atoms with E-state index >= 15 is 0 Å². The summed E-state index contributed by atoms with van der Waals surface area (Å²) >= 11 is 3.66. The molecule has 0 fully saturated rings. The quantitative estimate of drug-likeness (QED) is 0.316. The Hall–Kier alpha value is -2.26. The van der Waals surface area contributed by atoms with Gasteiger partial charge in [0.25, 0.3) is 0 Å². The van der Waals surface area contributed by atoms with Gasteiger partial charge in [-0.1, -0.05) is 30.3 Å². The third-order valence-electron chi connectivity index (χ3n) is 4.27. The number of hydrogen-bond acceptors (Lipinski definition) is 2. The van der Waals surface area contributed by atoms with E-state index in [0.717, 1.165) is 43.0 Å². The SMILES string of the molecule is Cc1cccc2oc3c(cc(Br)c4oc5ccccc5c43)c12. The summed E-state index contributed by atoms with van der Waals surface area (Å²) in [6, 6.07) is 16.3. The van der Waals surface area contributed by atoms with Gasteiger partial charge in [0.15, 0.2) is 5.58 Å². The summed E-state index contributed by atoms with van der Waals surface area (Å²) in [7, 11) is 0. The van der Waals surface area contributed by atoms with E-state index in [4.69, 9.17) is 8.83 Å². The van der Waals surface area contributed by atoms with E-state index in [1.165, 1.54) is 10.9 Å². The third kappa shape index (κ3) is 1.44. The van der Waals surface area contributed by atoms with Gasteiger partial charge in [-0.3, -0.25) is 0 Å². The van der Waals surface area contributed by atoms with Gasteiger partial charge in [0.05, 0.1) is 9.86 Å². The minimum atomic E-state index is 0.838. The van der Waals surface area contributed by atoms with Gasteiger partial charge in [-0.05, 0) is 46.6 Å². The van der Waals surface area contributed by atoms with E-state index < -0.39 is 0 Å². The maximum Gasteiger partial charge on any atom is 0.153 e. The first-order chi connectivity index (χ1) is 10.7. The fourth-order valence-corrected chi connectivity index (χ4v) is 3.81. The molecule has 0 N–H and O–H groups in total. The van der Waals surface area contributed by atoms with Crippen LogP contribution < -0.4 is 0 Å². The molecule has 0 atom stereocenters. The molecule has 106 valence electrons. The molecule has 2 heterocycles. The van der Waals surface area contributed by atoms with Crippen molar-refractivity contribution in [1.82, 2.24) is 0 Å². The second-order valence-corrected chi connectivity index (χ2v) is 6.44. The molecule has 0 aliphatic heterocycles. The number of rotatable bonds is 0. The van der Waals surface area contributed by atoms with Gasteiger partial charge in [-0.15, -0.1) is 0 Å². The zero-order chi connectivity index (χ0) is 14.8. The molecule has 5 aromatic rings. The molecule has 0 spiro atoms. The Morgan fingerprint density at radius 2 is 1.55 bits per heavy atom. The highest BCUT2D eigenvalue weighted by Crippen LogP contribution is 2.43. The molecule has 2 aromatic heterocycles. The molecule has 0 unspecified atom stereocenters. The van der Waals surface area contributed by atoms with E-state index in [2.05, 4.69) is 41.1 Å². The molecule has 0 saturated heterocycles. The van der Waals surface area contributed by atoms with Crippen molar-refractivity contribution >= 4 is 59.8 Å². The zero-order valence-corrected chi connectivity index (χ0v) is 13.4. The average Bonchev–Trinajstić information content (AvgIpc) is 3.07. The van der Waals surface area contributed by atoms with Crippen molar-refractivity contribution in [3.05, 3.63) is 58.6 Å². The number of hydrogen-bond donors (Lipinski definition) is 0. The summed E-state index contributed by atoms with van der Waals surface area (Å²) in [6.45, 7) is 2.11. The van der Waals surface area contributed by atoms with E-state index in [0.29, 0.717) is 0 Å². The highest BCUT2D eigenvalue weighted by molar-refractivity contribution is 9.10. The molecule has 0 saturated carbocycles. The van der Waals surface area contributed by atoms with Crippen LogP contribution >= 0.6 is 15.9 Å². The molecular formula is C19H11BrO2. The fraction of sp³-hybridized carbons (Fsp3) is 0.0526. The van der Waals surface area contributed by atoms with Gasteiger partial charge in [0.1, 0.15) is 16.7 Å². The van der Waals surface area contributed by atoms with Crippen molar-refractivity contribution in [2.45, 2.75) is 6.92 Å². The molecule has 0 aliphatic rings. The van der Waals surface area contributed by atoms with Crippen molar-refractivity contribution < 1.29 is 8.83 Å². The Balaban J connectivity index is 2.17.